The zero-order valence-corrected chi connectivity index (χ0v) is 11.1. The summed E-state index contributed by atoms with van der Waals surface area (Å²) >= 11 is 0. The number of carboxylic acids is 1. The third kappa shape index (κ3) is 3.34. The van der Waals surface area contributed by atoms with Crippen LogP contribution in [0, 0.1) is 11.8 Å². The Morgan fingerprint density at radius 2 is 1.95 bits per heavy atom. The highest BCUT2D eigenvalue weighted by atomic mass is 16.4. The van der Waals surface area contributed by atoms with Gasteiger partial charge < -0.3 is 10.0 Å². The summed E-state index contributed by atoms with van der Waals surface area (Å²) in [7, 11) is 0. The first-order valence-corrected chi connectivity index (χ1v) is 6.69. The quantitative estimate of drug-likeness (QED) is 0.853. The second-order valence-corrected chi connectivity index (χ2v) is 5.03. The van der Waals surface area contributed by atoms with Crippen LogP contribution in [0.1, 0.15) is 25.3 Å². The molecule has 0 spiro atoms. The predicted molar refractivity (Wildman–Crippen MR) is 71.4 cm³/mol. The monoisotopic (exact) mass is 261 g/mol. The van der Waals surface area contributed by atoms with Crippen molar-refractivity contribution in [3.8, 4) is 0 Å². The van der Waals surface area contributed by atoms with Crippen LogP contribution < -0.4 is 0 Å². The molecule has 1 aliphatic rings. The summed E-state index contributed by atoms with van der Waals surface area (Å²) in [4.78, 5) is 24.9. The number of carboxylic acid groups (broad SMARTS) is 1. The Hall–Kier alpha value is -1.84. The first-order valence-electron chi connectivity index (χ1n) is 6.69. The molecule has 4 heteroatoms. The fraction of sp³-hybridized carbons (Fsp3) is 0.467. The third-order valence-electron chi connectivity index (χ3n) is 3.45. The molecule has 1 saturated carbocycles. The molecule has 0 radical (unpaired) electrons. The molecular weight excluding hydrogens is 242 g/mol. The zero-order valence-electron chi connectivity index (χ0n) is 11.1. The molecule has 2 atom stereocenters. The number of rotatable bonds is 6. The van der Waals surface area contributed by atoms with Gasteiger partial charge in [0.25, 0.3) is 0 Å². The number of carbonyl (C=O) groups is 2. The van der Waals surface area contributed by atoms with Crippen molar-refractivity contribution in [3.05, 3.63) is 35.9 Å². The zero-order chi connectivity index (χ0) is 13.8. The maximum absolute atomic E-state index is 12.3. The topological polar surface area (TPSA) is 57.6 Å². The minimum atomic E-state index is -0.852. The number of hydrogen-bond donors (Lipinski definition) is 1. The first kappa shape index (κ1) is 13.6. The predicted octanol–water partition coefficient (Wildman–Crippen LogP) is 2.15. The van der Waals surface area contributed by atoms with Gasteiger partial charge in [-0.15, -0.1) is 0 Å². The van der Waals surface area contributed by atoms with Crippen LogP contribution in [0.3, 0.4) is 0 Å². The van der Waals surface area contributed by atoms with E-state index in [1.807, 2.05) is 37.3 Å². The van der Waals surface area contributed by atoms with E-state index < -0.39 is 11.9 Å². The number of aliphatic carboxylic acids is 1. The van der Waals surface area contributed by atoms with Crippen molar-refractivity contribution >= 4 is 11.9 Å². The molecule has 0 unspecified atom stereocenters. The standard InChI is InChI=1S/C15H19NO3/c1-2-8-16(10-11-6-4-3-5-7-11)14(17)12-9-13(12)15(18)19/h3-7,12-13H,2,8-10H2,1H3,(H,18,19)/t12-,13+/m1/s1. The third-order valence-corrected chi connectivity index (χ3v) is 3.45. The summed E-state index contributed by atoms with van der Waals surface area (Å²) in [6.07, 6.45) is 1.37. The van der Waals surface area contributed by atoms with Crippen LogP contribution in [0.15, 0.2) is 30.3 Å². The fourth-order valence-electron chi connectivity index (χ4n) is 2.32. The Balaban J connectivity index is 2.00. The van der Waals surface area contributed by atoms with E-state index in [1.165, 1.54) is 0 Å². The van der Waals surface area contributed by atoms with Crippen LogP contribution in [0.5, 0.6) is 0 Å². The van der Waals surface area contributed by atoms with Crippen molar-refractivity contribution in [3.63, 3.8) is 0 Å². The number of hydrogen-bond acceptors (Lipinski definition) is 2. The summed E-state index contributed by atoms with van der Waals surface area (Å²) in [6.45, 7) is 3.26. The number of carbonyl (C=O) groups excluding carboxylic acids is 1. The van der Waals surface area contributed by atoms with Gasteiger partial charge in [-0.2, -0.15) is 0 Å². The molecule has 0 aromatic heterocycles. The summed E-state index contributed by atoms with van der Waals surface area (Å²) < 4.78 is 0. The van der Waals surface area contributed by atoms with Gasteiger partial charge in [-0.05, 0) is 18.4 Å². The van der Waals surface area contributed by atoms with Crippen molar-refractivity contribution < 1.29 is 14.7 Å². The van der Waals surface area contributed by atoms with Crippen molar-refractivity contribution in [2.75, 3.05) is 6.54 Å². The van der Waals surface area contributed by atoms with Crippen LogP contribution in [-0.2, 0) is 16.1 Å². The van der Waals surface area contributed by atoms with Crippen LogP contribution in [0.4, 0.5) is 0 Å². The molecule has 1 aromatic rings. The van der Waals surface area contributed by atoms with Gasteiger partial charge in [0.15, 0.2) is 0 Å². The average Bonchev–Trinajstić information content (AvgIpc) is 3.19. The second-order valence-electron chi connectivity index (χ2n) is 5.03. The van der Waals surface area contributed by atoms with E-state index in [9.17, 15) is 9.59 Å². The van der Waals surface area contributed by atoms with E-state index in [1.54, 1.807) is 4.90 Å². The Bertz CT molecular complexity index is 458. The highest BCUT2D eigenvalue weighted by Crippen LogP contribution is 2.40. The molecule has 1 N–H and O–H groups in total. The van der Waals surface area contributed by atoms with Gasteiger partial charge in [0.1, 0.15) is 0 Å². The molecule has 19 heavy (non-hydrogen) atoms. The van der Waals surface area contributed by atoms with Gasteiger partial charge in [-0.3, -0.25) is 9.59 Å². The molecule has 0 heterocycles. The van der Waals surface area contributed by atoms with Gasteiger partial charge in [0.05, 0.1) is 11.8 Å². The lowest BCUT2D eigenvalue weighted by molar-refractivity contribution is -0.142. The normalized spacial score (nSPS) is 20.9. The largest absolute Gasteiger partial charge is 0.481 e. The maximum Gasteiger partial charge on any atom is 0.307 e. The van der Waals surface area contributed by atoms with Gasteiger partial charge >= 0.3 is 5.97 Å². The molecule has 0 bridgehead atoms. The van der Waals surface area contributed by atoms with E-state index in [2.05, 4.69) is 0 Å². The van der Waals surface area contributed by atoms with Gasteiger partial charge in [-0.25, -0.2) is 0 Å². The first-order chi connectivity index (χ1) is 9.13. The van der Waals surface area contributed by atoms with E-state index in [0.29, 0.717) is 19.5 Å². The minimum Gasteiger partial charge on any atom is -0.481 e. The number of nitrogens with zero attached hydrogens (tertiary/aromatic N) is 1. The Morgan fingerprint density at radius 1 is 1.26 bits per heavy atom. The van der Waals surface area contributed by atoms with Crippen molar-refractivity contribution in [1.29, 1.82) is 0 Å². The SMILES string of the molecule is CCCN(Cc1ccccc1)C(=O)[C@@H]1C[C@@H]1C(=O)O. The van der Waals surface area contributed by atoms with E-state index >= 15 is 0 Å². The fourth-order valence-corrected chi connectivity index (χ4v) is 2.32. The van der Waals surface area contributed by atoms with Crippen LogP contribution >= 0.6 is 0 Å². The molecule has 0 aliphatic heterocycles. The van der Waals surface area contributed by atoms with Crippen molar-refractivity contribution in [2.45, 2.75) is 26.3 Å². The number of benzene rings is 1. The van der Waals surface area contributed by atoms with E-state index in [-0.39, 0.29) is 11.8 Å². The Kier molecular flexibility index (Phi) is 4.20. The molecule has 0 saturated heterocycles. The summed E-state index contributed by atoms with van der Waals surface area (Å²) in [6, 6.07) is 9.80. The highest BCUT2D eigenvalue weighted by molar-refractivity contribution is 5.89. The average molecular weight is 261 g/mol. The van der Waals surface area contributed by atoms with Gasteiger partial charge in [-0.1, -0.05) is 37.3 Å². The second kappa shape index (κ2) is 5.87. The van der Waals surface area contributed by atoms with Gasteiger partial charge in [0, 0.05) is 13.1 Å². The Morgan fingerprint density at radius 3 is 2.47 bits per heavy atom. The lowest BCUT2D eigenvalue weighted by Gasteiger charge is -2.22. The highest BCUT2D eigenvalue weighted by Gasteiger charge is 2.49. The van der Waals surface area contributed by atoms with Crippen LogP contribution in [0.25, 0.3) is 0 Å². The minimum absolute atomic E-state index is 0.0156. The van der Waals surface area contributed by atoms with Crippen LogP contribution in [-0.4, -0.2) is 28.4 Å². The maximum atomic E-state index is 12.3. The lowest BCUT2D eigenvalue weighted by Crippen LogP contribution is -2.33. The molecule has 1 amide bonds. The molecule has 102 valence electrons. The van der Waals surface area contributed by atoms with Crippen molar-refractivity contribution in [1.82, 2.24) is 4.90 Å². The smallest absolute Gasteiger partial charge is 0.307 e. The summed E-state index contributed by atoms with van der Waals surface area (Å²) in [5.74, 6) is -1.65. The van der Waals surface area contributed by atoms with Crippen LogP contribution in [0.2, 0.25) is 0 Å². The molecule has 1 aliphatic carbocycles. The molecule has 1 aromatic carbocycles. The number of amides is 1. The van der Waals surface area contributed by atoms with E-state index in [0.717, 1.165) is 12.0 Å². The molecule has 2 rings (SSSR count). The lowest BCUT2D eigenvalue weighted by atomic mass is 10.2. The summed E-state index contributed by atoms with van der Waals surface area (Å²) in [5, 5.41) is 8.90. The molecular formula is C15H19NO3. The van der Waals surface area contributed by atoms with E-state index in [4.69, 9.17) is 5.11 Å². The Labute approximate surface area is 113 Å². The molecule has 4 nitrogen and oxygen atoms in total. The van der Waals surface area contributed by atoms with Crippen molar-refractivity contribution in [2.24, 2.45) is 11.8 Å². The van der Waals surface area contributed by atoms with Gasteiger partial charge in [0.2, 0.25) is 5.91 Å². The molecule has 1 fully saturated rings. The summed E-state index contributed by atoms with van der Waals surface area (Å²) in [5.41, 5.74) is 1.08.